The van der Waals surface area contributed by atoms with Gasteiger partial charge in [-0.3, -0.25) is 0 Å². The van der Waals surface area contributed by atoms with Gasteiger partial charge >= 0.3 is 0 Å². The Morgan fingerprint density at radius 1 is 1.00 bits per heavy atom. The van der Waals surface area contributed by atoms with Gasteiger partial charge in [0.2, 0.25) is 0 Å². The Kier molecular flexibility index (Phi) is 3.82. The fourth-order valence-electron chi connectivity index (χ4n) is 1.56. The van der Waals surface area contributed by atoms with Gasteiger partial charge in [0.15, 0.2) is 0 Å². The molecule has 0 aliphatic heterocycles. The summed E-state index contributed by atoms with van der Waals surface area (Å²) in [5, 5.41) is 9.64. The molecule has 0 bridgehead atoms. The van der Waals surface area contributed by atoms with E-state index in [1.165, 1.54) is 17.8 Å². The molecule has 0 fully saturated rings. The van der Waals surface area contributed by atoms with Crippen molar-refractivity contribution in [3.05, 3.63) is 59.9 Å². The van der Waals surface area contributed by atoms with E-state index in [1.807, 2.05) is 24.3 Å². The molecule has 2 aromatic carbocycles. The van der Waals surface area contributed by atoms with E-state index in [0.717, 1.165) is 10.5 Å². The molecule has 1 atom stereocenters. The van der Waals surface area contributed by atoms with Crippen LogP contribution in [0.2, 0.25) is 0 Å². The Morgan fingerprint density at radius 2 is 1.59 bits per heavy atom. The third-order valence-corrected chi connectivity index (χ3v) is 3.57. The van der Waals surface area contributed by atoms with Crippen LogP contribution in [-0.2, 0) is 0 Å². The molecule has 1 unspecified atom stereocenters. The average molecular weight is 248 g/mol. The minimum atomic E-state index is -0.550. The first-order valence-electron chi connectivity index (χ1n) is 5.38. The van der Waals surface area contributed by atoms with Gasteiger partial charge in [0, 0.05) is 9.79 Å². The van der Waals surface area contributed by atoms with Crippen LogP contribution in [0.15, 0.2) is 58.3 Å². The topological polar surface area (TPSA) is 20.2 Å². The minimum Gasteiger partial charge on any atom is -0.389 e. The lowest BCUT2D eigenvalue weighted by atomic mass is 10.1. The standard InChI is InChI=1S/C14H13FOS/c1-10(16)11-6-2-4-8-13(11)17-14-9-5-3-7-12(14)15/h2-10,16H,1H3. The highest BCUT2D eigenvalue weighted by atomic mass is 32.2. The van der Waals surface area contributed by atoms with Crippen molar-refractivity contribution < 1.29 is 9.50 Å². The number of rotatable bonds is 3. The fourth-order valence-corrected chi connectivity index (χ4v) is 2.62. The lowest BCUT2D eigenvalue weighted by molar-refractivity contribution is 0.196. The number of aliphatic hydroxyl groups excluding tert-OH is 1. The summed E-state index contributed by atoms with van der Waals surface area (Å²) in [5.41, 5.74) is 0.820. The van der Waals surface area contributed by atoms with Crippen LogP contribution in [0.4, 0.5) is 4.39 Å². The monoisotopic (exact) mass is 248 g/mol. The Labute approximate surface area is 104 Å². The summed E-state index contributed by atoms with van der Waals surface area (Å²) < 4.78 is 13.5. The van der Waals surface area contributed by atoms with E-state index in [4.69, 9.17) is 0 Å². The van der Waals surface area contributed by atoms with Gasteiger partial charge in [0.25, 0.3) is 0 Å². The van der Waals surface area contributed by atoms with E-state index in [1.54, 1.807) is 25.1 Å². The molecule has 3 heteroatoms. The molecule has 0 heterocycles. The van der Waals surface area contributed by atoms with Crippen LogP contribution < -0.4 is 0 Å². The molecule has 0 aliphatic carbocycles. The van der Waals surface area contributed by atoms with Crippen LogP contribution in [0, 0.1) is 5.82 Å². The predicted octanol–water partition coefficient (Wildman–Crippen LogP) is 4.03. The van der Waals surface area contributed by atoms with Crippen LogP contribution in [-0.4, -0.2) is 5.11 Å². The first-order valence-corrected chi connectivity index (χ1v) is 6.19. The molecule has 0 spiro atoms. The van der Waals surface area contributed by atoms with Gasteiger partial charge in [-0.05, 0) is 30.7 Å². The van der Waals surface area contributed by atoms with Gasteiger partial charge in [-0.1, -0.05) is 42.1 Å². The molecule has 0 saturated heterocycles. The maximum absolute atomic E-state index is 13.5. The van der Waals surface area contributed by atoms with Crippen molar-refractivity contribution in [1.82, 2.24) is 0 Å². The van der Waals surface area contributed by atoms with Crippen LogP contribution in [0.5, 0.6) is 0 Å². The summed E-state index contributed by atoms with van der Waals surface area (Å²) in [4.78, 5) is 1.45. The zero-order valence-electron chi connectivity index (χ0n) is 9.43. The molecule has 88 valence electrons. The molecule has 0 radical (unpaired) electrons. The summed E-state index contributed by atoms with van der Waals surface area (Å²) in [6, 6.07) is 14.1. The largest absolute Gasteiger partial charge is 0.389 e. The lowest BCUT2D eigenvalue weighted by Crippen LogP contribution is -1.93. The van der Waals surface area contributed by atoms with Crippen molar-refractivity contribution in [1.29, 1.82) is 0 Å². The van der Waals surface area contributed by atoms with Crippen LogP contribution in [0.1, 0.15) is 18.6 Å². The molecular formula is C14H13FOS. The average Bonchev–Trinajstić information content (AvgIpc) is 2.32. The highest BCUT2D eigenvalue weighted by molar-refractivity contribution is 7.99. The fraction of sp³-hybridized carbons (Fsp3) is 0.143. The molecule has 2 rings (SSSR count). The molecule has 17 heavy (non-hydrogen) atoms. The third kappa shape index (κ3) is 2.87. The van der Waals surface area contributed by atoms with Crippen molar-refractivity contribution in [3.8, 4) is 0 Å². The number of benzene rings is 2. The number of halogens is 1. The minimum absolute atomic E-state index is 0.238. The number of hydrogen-bond acceptors (Lipinski definition) is 2. The lowest BCUT2D eigenvalue weighted by Gasteiger charge is -2.11. The zero-order chi connectivity index (χ0) is 12.3. The van der Waals surface area contributed by atoms with Crippen molar-refractivity contribution in [2.24, 2.45) is 0 Å². The van der Waals surface area contributed by atoms with E-state index in [-0.39, 0.29) is 5.82 Å². The van der Waals surface area contributed by atoms with Gasteiger partial charge < -0.3 is 5.11 Å². The molecule has 0 aromatic heterocycles. The van der Waals surface area contributed by atoms with Crippen molar-refractivity contribution in [3.63, 3.8) is 0 Å². The SMILES string of the molecule is CC(O)c1ccccc1Sc1ccccc1F. The smallest absolute Gasteiger partial charge is 0.137 e. The van der Waals surface area contributed by atoms with Crippen molar-refractivity contribution >= 4 is 11.8 Å². The summed E-state index contributed by atoms with van der Waals surface area (Å²) in [6.07, 6.45) is -0.550. The van der Waals surface area contributed by atoms with E-state index < -0.39 is 6.10 Å². The summed E-state index contributed by atoms with van der Waals surface area (Å²) >= 11 is 1.33. The highest BCUT2D eigenvalue weighted by Crippen LogP contribution is 2.34. The summed E-state index contributed by atoms with van der Waals surface area (Å²) in [6.45, 7) is 1.71. The maximum atomic E-state index is 13.5. The second-order valence-electron chi connectivity index (χ2n) is 3.75. The van der Waals surface area contributed by atoms with E-state index in [0.29, 0.717) is 4.90 Å². The van der Waals surface area contributed by atoms with Crippen LogP contribution in [0.3, 0.4) is 0 Å². The van der Waals surface area contributed by atoms with Crippen LogP contribution >= 0.6 is 11.8 Å². The number of aliphatic hydroxyl groups is 1. The molecule has 0 amide bonds. The maximum Gasteiger partial charge on any atom is 0.137 e. The van der Waals surface area contributed by atoms with E-state index in [9.17, 15) is 9.50 Å². The highest BCUT2D eigenvalue weighted by Gasteiger charge is 2.10. The van der Waals surface area contributed by atoms with E-state index in [2.05, 4.69) is 0 Å². The summed E-state index contributed by atoms with van der Waals surface area (Å²) in [5.74, 6) is -0.238. The van der Waals surface area contributed by atoms with Gasteiger partial charge in [-0.25, -0.2) is 4.39 Å². The Morgan fingerprint density at radius 3 is 2.24 bits per heavy atom. The normalized spacial score (nSPS) is 12.4. The van der Waals surface area contributed by atoms with Gasteiger partial charge in [0.1, 0.15) is 5.82 Å². The molecule has 0 saturated carbocycles. The van der Waals surface area contributed by atoms with Crippen molar-refractivity contribution in [2.75, 3.05) is 0 Å². The Bertz CT molecular complexity index is 511. The second kappa shape index (κ2) is 5.34. The molecule has 1 nitrogen and oxygen atoms in total. The van der Waals surface area contributed by atoms with Gasteiger partial charge in [-0.2, -0.15) is 0 Å². The van der Waals surface area contributed by atoms with Gasteiger partial charge in [0.05, 0.1) is 6.10 Å². The first-order chi connectivity index (χ1) is 8.18. The molecular weight excluding hydrogens is 235 g/mol. The second-order valence-corrected chi connectivity index (χ2v) is 4.83. The molecule has 0 aliphatic rings. The first kappa shape index (κ1) is 12.1. The van der Waals surface area contributed by atoms with Crippen molar-refractivity contribution in [2.45, 2.75) is 22.8 Å². The van der Waals surface area contributed by atoms with Crippen LogP contribution in [0.25, 0.3) is 0 Å². The third-order valence-electron chi connectivity index (χ3n) is 2.43. The predicted molar refractivity (Wildman–Crippen MR) is 67.6 cm³/mol. The Hall–Kier alpha value is -1.32. The zero-order valence-corrected chi connectivity index (χ0v) is 10.2. The number of hydrogen-bond donors (Lipinski definition) is 1. The van der Waals surface area contributed by atoms with Gasteiger partial charge in [-0.15, -0.1) is 0 Å². The molecule has 2 aromatic rings. The Balaban J connectivity index is 2.34. The summed E-state index contributed by atoms with van der Waals surface area (Å²) in [7, 11) is 0. The molecule has 1 N–H and O–H groups in total. The van der Waals surface area contributed by atoms with E-state index >= 15 is 0 Å². The quantitative estimate of drug-likeness (QED) is 0.885.